The molecule has 1 fully saturated rings. The van der Waals surface area contributed by atoms with Gasteiger partial charge in [-0.05, 0) is 37.0 Å². The number of rotatable bonds is 9. The van der Waals surface area contributed by atoms with Crippen molar-refractivity contribution in [3.05, 3.63) is 52.6 Å². The highest BCUT2D eigenvalue weighted by Crippen LogP contribution is 2.45. The van der Waals surface area contributed by atoms with Crippen molar-refractivity contribution in [3.63, 3.8) is 0 Å². The lowest BCUT2D eigenvalue weighted by Crippen LogP contribution is -2.47. The number of aliphatic hydroxyl groups excluding tert-OH is 1. The number of fused-ring (bicyclic) bond motifs is 1. The molecule has 0 radical (unpaired) electrons. The molecule has 0 bridgehead atoms. The van der Waals surface area contributed by atoms with Crippen LogP contribution in [0.1, 0.15) is 59.8 Å². The predicted molar refractivity (Wildman–Crippen MR) is 130 cm³/mol. The lowest BCUT2D eigenvalue weighted by molar-refractivity contribution is 0.0698. The van der Waals surface area contributed by atoms with Crippen LogP contribution in [-0.4, -0.2) is 70.0 Å². The molecular formula is C23H31ClN4O5S. The fourth-order valence-corrected chi connectivity index (χ4v) is 6.12. The van der Waals surface area contributed by atoms with Crippen LogP contribution in [0.5, 0.6) is 0 Å². The van der Waals surface area contributed by atoms with Crippen molar-refractivity contribution in [3.8, 4) is 0 Å². The van der Waals surface area contributed by atoms with E-state index in [1.807, 2.05) is 26.0 Å². The van der Waals surface area contributed by atoms with Gasteiger partial charge in [0.05, 0.1) is 16.7 Å². The Morgan fingerprint density at radius 1 is 1.21 bits per heavy atom. The summed E-state index contributed by atoms with van der Waals surface area (Å²) >= 11 is 5.87. The van der Waals surface area contributed by atoms with Gasteiger partial charge in [0.25, 0.3) is 11.8 Å². The number of amides is 2. The number of nitrogens with one attached hydrogen (secondary N) is 1. The Morgan fingerprint density at radius 2 is 1.88 bits per heavy atom. The number of aromatic nitrogens is 2. The normalized spacial score (nSPS) is 16.4. The molecule has 186 valence electrons. The average Bonchev–Trinajstić information content (AvgIpc) is 3.51. The van der Waals surface area contributed by atoms with Crippen molar-refractivity contribution in [1.29, 1.82) is 0 Å². The summed E-state index contributed by atoms with van der Waals surface area (Å²) in [5.74, 6) is -0.651. The summed E-state index contributed by atoms with van der Waals surface area (Å²) < 4.78 is 26.0. The molecule has 0 saturated heterocycles. The van der Waals surface area contributed by atoms with E-state index in [2.05, 4.69) is 10.3 Å². The first-order chi connectivity index (χ1) is 16.3. The molecule has 9 nitrogen and oxygen atoms in total. The van der Waals surface area contributed by atoms with Gasteiger partial charge in [-0.1, -0.05) is 37.6 Å². The topological polar surface area (TPSA) is 122 Å². The molecule has 2 N–H and O–H groups in total. The Kier molecular flexibility index (Phi) is 8.38. The molecule has 1 aliphatic heterocycles. The zero-order valence-electron chi connectivity index (χ0n) is 19.5. The molecule has 1 aromatic heterocycles. The lowest BCUT2D eigenvalue weighted by atomic mass is 10.2. The van der Waals surface area contributed by atoms with Crippen LogP contribution in [-0.2, 0) is 22.9 Å². The van der Waals surface area contributed by atoms with Crippen molar-refractivity contribution in [1.82, 2.24) is 19.8 Å². The van der Waals surface area contributed by atoms with Gasteiger partial charge in [0, 0.05) is 37.8 Å². The van der Waals surface area contributed by atoms with E-state index in [4.69, 9.17) is 16.7 Å². The van der Waals surface area contributed by atoms with Gasteiger partial charge in [0.15, 0.2) is 15.7 Å². The number of hydrogen-bond acceptors (Lipinski definition) is 6. The molecule has 1 aliphatic carbocycles. The number of imidazole rings is 1. The maximum atomic E-state index is 13.0. The van der Waals surface area contributed by atoms with E-state index in [9.17, 15) is 18.0 Å². The van der Waals surface area contributed by atoms with Crippen LogP contribution < -0.4 is 5.32 Å². The minimum absolute atomic E-state index is 0.0819. The summed E-state index contributed by atoms with van der Waals surface area (Å²) in [4.78, 5) is 31.3. The van der Waals surface area contributed by atoms with Gasteiger partial charge in [0.2, 0.25) is 0 Å². The van der Waals surface area contributed by atoms with Gasteiger partial charge < -0.3 is 19.9 Å². The Morgan fingerprint density at radius 3 is 2.50 bits per heavy atom. The van der Waals surface area contributed by atoms with Crippen LogP contribution in [0.3, 0.4) is 0 Å². The van der Waals surface area contributed by atoms with Crippen LogP contribution in [0.4, 0.5) is 0 Å². The third kappa shape index (κ3) is 5.45. The second-order valence-electron chi connectivity index (χ2n) is 8.23. The van der Waals surface area contributed by atoms with Gasteiger partial charge in [-0.3, -0.25) is 9.59 Å². The first-order valence-electron chi connectivity index (χ1n) is 11.5. The molecule has 2 amide bonds. The molecule has 1 saturated carbocycles. The van der Waals surface area contributed by atoms with E-state index in [-0.39, 0.29) is 42.8 Å². The van der Waals surface area contributed by atoms with E-state index in [0.717, 1.165) is 5.56 Å². The number of carbonyl (C=O) groups is 2. The van der Waals surface area contributed by atoms with Gasteiger partial charge >= 0.3 is 0 Å². The molecule has 4 rings (SSSR count). The number of nitrogens with zero attached hydrogens (tertiary/aromatic N) is 3. The van der Waals surface area contributed by atoms with Crippen molar-refractivity contribution in [2.75, 3.05) is 25.4 Å². The summed E-state index contributed by atoms with van der Waals surface area (Å²) in [7, 11) is -3.40. The van der Waals surface area contributed by atoms with Gasteiger partial charge in [0.1, 0.15) is 5.69 Å². The zero-order valence-corrected chi connectivity index (χ0v) is 21.0. The zero-order chi connectivity index (χ0) is 24.9. The van der Waals surface area contributed by atoms with Crippen LogP contribution >= 0.6 is 11.6 Å². The number of carbonyl (C=O) groups excluding carboxylic acids is 2. The largest absolute Gasteiger partial charge is 0.396 e. The number of halogens is 1. The summed E-state index contributed by atoms with van der Waals surface area (Å²) in [6.07, 6.45) is 2.59. The average molecular weight is 511 g/mol. The molecule has 1 aromatic carbocycles. The van der Waals surface area contributed by atoms with Crippen molar-refractivity contribution < 1.29 is 23.1 Å². The van der Waals surface area contributed by atoms with Crippen molar-refractivity contribution >= 4 is 33.3 Å². The fourth-order valence-electron chi connectivity index (χ4n) is 3.98. The molecule has 34 heavy (non-hydrogen) atoms. The molecule has 11 heteroatoms. The minimum Gasteiger partial charge on any atom is -0.396 e. The third-order valence-electron chi connectivity index (χ3n) is 6.04. The molecular weight excluding hydrogens is 480 g/mol. The Bertz CT molecular complexity index is 1130. The molecule has 0 atom stereocenters. The number of benzene rings is 1. The highest BCUT2D eigenvalue weighted by Gasteiger charge is 2.55. The van der Waals surface area contributed by atoms with E-state index in [0.29, 0.717) is 37.5 Å². The standard InChI is InChI=1S/C21H25ClN4O5S.C2H6/c22-16-4-2-15(3-5-16)12-24-19(28)18-23-13-17-20(29)25(8-9-26(17)18)14-21(6-7-21)32(30,31)11-1-10-27;1-2/h2-5,13,27H,1,6-12,14H2,(H,24,28);1-2H3. The Labute approximate surface area is 205 Å². The summed E-state index contributed by atoms with van der Waals surface area (Å²) in [6, 6.07) is 7.11. The molecule has 2 aromatic rings. The highest BCUT2D eigenvalue weighted by molar-refractivity contribution is 7.93. The van der Waals surface area contributed by atoms with Crippen LogP contribution in [0, 0.1) is 0 Å². The van der Waals surface area contributed by atoms with Crippen LogP contribution in [0.2, 0.25) is 5.02 Å². The first kappa shape index (κ1) is 26.2. The van der Waals surface area contributed by atoms with Gasteiger partial charge in [-0.15, -0.1) is 0 Å². The monoisotopic (exact) mass is 510 g/mol. The lowest BCUT2D eigenvalue weighted by Gasteiger charge is -2.31. The maximum Gasteiger partial charge on any atom is 0.287 e. The summed E-state index contributed by atoms with van der Waals surface area (Å²) in [6.45, 7) is 4.91. The number of aliphatic hydroxyl groups is 1. The fraction of sp³-hybridized carbons (Fsp3) is 0.522. The highest BCUT2D eigenvalue weighted by atomic mass is 35.5. The van der Waals surface area contributed by atoms with Crippen LogP contribution in [0.15, 0.2) is 30.5 Å². The third-order valence-corrected chi connectivity index (χ3v) is 8.98. The van der Waals surface area contributed by atoms with Gasteiger partial charge in [-0.25, -0.2) is 13.4 Å². The molecule has 2 aliphatic rings. The molecule has 0 spiro atoms. The van der Waals surface area contributed by atoms with Crippen molar-refractivity contribution in [2.24, 2.45) is 0 Å². The van der Waals surface area contributed by atoms with E-state index >= 15 is 0 Å². The quantitative estimate of drug-likeness (QED) is 0.533. The number of hydrogen-bond donors (Lipinski definition) is 2. The SMILES string of the molecule is CC.O=C(NCc1ccc(Cl)cc1)c1ncc2n1CCN(CC1(S(=O)(=O)CCCO)CC1)C2=O. The smallest absolute Gasteiger partial charge is 0.287 e. The predicted octanol–water partition coefficient (Wildman–Crippen LogP) is 2.28. The molecule has 0 unspecified atom stereocenters. The second kappa shape index (κ2) is 10.9. The maximum absolute atomic E-state index is 13.0. The van der Waals surface area contributed by atoms with Crippen LogP contribution in [0.25, 0.3) is 0 Å². The molecule has 2 heterocycles. The van der Waals surface area contributed by atoms with E-state index in [1.54, 1.807) is 16.7 Å². The summed E-state index contributed by atoms with van der Waals surface area (Å²) in [5, 5.41) is 12.4. The Hall–Kier alpha value is -2.43. The van der Waals surface area contributed by atoms with Crippen molar-refractivity contribution in [2.45, 2.75) is 50.9 Å². The van der Waals surface area contributed by atoms with E-state index in [1.165, 1.54) is 11.1 Å². The second-order valence-corrected chi connectivity index (χ2v) is 11.2. The van der Waals surface area contributed by atoms with E-state index < -0.39 is 20.5 Å². The van der Waals surface area contributed by atoms with Gasteiger partial charge in [-0.2, -0.15) is 0 Å². The minimum atomic E-state index is -3.40. The number of sulfone groups is 1. The first-order valence-corrected chi connectivity index (χ1v) is 13.5. The summed E-state index contributed by atoms with van der Waals surface area (Å²) in [5.41, 5.74) is 1.16. The Balaban J connectivity index is 0.00000158.